The van der Waals surface area contributed by atoms with Crippen molar-refractivity contribution < 1.29 is 22.3 Å². The number of nitrogens with zero attached hydrogens (tertiary/aromatic N) is 1. The van der Waals surface area contributed by atoms with Crippen LogP contribution in [0, 0.1) is 0 Å². The zero-order chi connectivity index (χ0) is 23.3. The van der Waals surface area contributed by atoms with Gasteiger partial charge in [0.05, 0.1) is 17.4 Å². The van der Waals surface area contributed by atoms with Crippen molar-refractivity contribution in [2.24, 2.45) is 0 Å². The number of imide groups is 1. The van der Waals surface area contributed by atoms with Gasteiger partial charge >= 0.3 is 0 Å². The van der Waals surface area contributed by atoms with Crippen molar-refractivity contribution in [2.75, 3.05) is 6.26 Å². The van der Waals surface area contributed by atoms with Crippen molar-refractivity contribution in [2.45, 2.75) is 36.8 Å². The third kappa shape index (κ3) is 4.30. The second-order valence-electron chi connectivity index (χ2n) is 8.76. The normalized spacial score (nSPS) is 14.3. The van der Waals surface area contributed by atoms with Gasteiger partial charge in [0.2, 0.25) is 0 Å². The average Bonchev–Trinajstić information content (AvgIpc) is 2.72. The highest BCUT2D eigenvalue weighted by Crippen LogP contribution is 2.37. The van der Waals surface area contributed by atoms with Gasteiger partial charge in [-0.15, -0.1) is 21.1 Å². The molecule has 3 aromatic rings. The Morgan fingerprint density at radius 2 is 1.53 bits per heavy atom. The Balaban J connectivity index is 1.67. The molecule has 6 nitrogen and oxygen atoms in total. The lowest BCUT2D eigenvalue weighted by atomic mass is 9.87. The largest absolute Gasteiger partial charge is 0.286 e. The van der Waals surface area contributed by atoms with Crippen molar-refractivity contribution in [3.05, 3.63) is 76.9 Å². The fourth-order valence-electron chi connectivity index (χ4n) is 3.64. The first-order valence-corrected chi connectivity index (χ1v) is 12.8. The fraction of sp³-hybridized carbons (Fsp3) is 0.250. The monoisotopic (exact) mass is 469 g/mol. The molecule has 0 spiro atoms. The Morgan fingerprint density at radius 1 is 0.906 bits per heavy atom. The van der Waals surface area contributed by atoms with Crippen molar-refractivity contribution in [3.63, 3.8) is 0 Å². The maximum atomic E-state index is 12.8. The van der Waals surface area contributed by atoms with Crippen LogP contribution in [0.15, 0.2) is 59.5 Å². The lowest BCUT2D eigenvalue weighted by Crippen LogP contribution is -2.41. The number of benzene rings is 3. The first-order chi connectivity index (χ1) is 15.0. The molecule has 0 unspecified atom stereocenters. The molecule has 0 bridgehead atoms. The van der Waals surface area contributed by atoms with Gasteiger partial charge in [-0.25, -0.2) is 0 Å². The number of thioether (sulfide) groups is 1. The van der Waals surface area contributed by atoms with E-state index in [2.05, 4.69) is 49.3 Å². The molecule has 0 saturated carbocycles. The van der Waals surface area contributed by atoms with E-state index >= 15 is 0 Å². The summed E-state index contributed by atoms with van der Waals surface area (Å²) >= 11 is 1.62. The van der Waals surface area contributed by atoms with Crippen molar-refractivity contribution in [3.8, 4) is 0 Å². The van der Waals surface area contributed by atoms with Gasteiger partial charge in [-0.2, -0.15) is 8.42 Å². The molecule has 32 heavy (non-hydrogen) atoms. The smallest absolute Gasteiger partial charge is 0.266 e. The van der Waals surface area contributed by atoms with Gasteiger partial charge < -0.3 is 0 Å². The molecule has 0 radical (unpaired) electrons. The Hall–Kier alpha value is -2.68. The summed E-state index contributed by atoms with van der Waals surface area (Å²) in [5.41, 5.74) is 3.00. The second kappa shape index (κ2) is 8.03. The van der Waals surface area contributed by atoms with Crippen LogP contribution in [0.3, 0.4) is 0 Å². The van der Waals surface area contributed by atoms with Crippen molar-refractivity contribution in [1.29, 1.82) is 0 Å². The molecule has 0 N–H and O–H groups in total. The predicted octanol–water partition coefficient (Wildman–Crippen LogP) is 4.92. The van der Waals surface area contributed by atoms with Crippen LogP contribution in [0.1, 0.15) is 52.6 Å². The van der Waals surface area contributed by atoms with Gasteiger partial charge in [-0.3, -0.25) is 9.59 Å². The highest BCUT2D eigenvalue weighted by atomic mass is 32.2. The molecule has 8 heteroatoms. The molecule has 1 aliphatic heterocycles. The van der Waals surface area contributed by atoms with E-state index in [9.17, 15) is 18.0 Å². The number of amides is 2. The summed E-state index contributed by atoms with van der Waals surface area (Å²) in [5, 5.41) is 1.61. The quantitative estimate of drug-likeness (QED) is 0.390. The van der Waals surface area contributed by atoms with E-state index in [1.165, 1.54) is 11.1 Å². The summed E-state index contributed by atoms with van der Waals surface area (Å²) < 4.78 is 27.7. The maximum absolute atomic E-state index is 12.8. The molecule has 0 atom stereocenters. The first kappa shape index (κ1) is 22.5. The van der Waals surface area contributed by atoms with Crippen LogP contribution in [-0.2, 0) is 25.6 Å². The molecule has 4 rings (SSSR count). The van der Waals surface area contributed by atoms with Gasteiger partial charge in [0.25, 0.3) is 21.9 Å². The van der Waals surface area contributed by atoms with Gasteiger partial charge in [-0.05, 0) is 40.1 Å². The minimum atomic E-state index is -4.04. The van der Waals surface area contributed by atoms with E-state index < -0.39 is 21.9 Å². The number of carbonyl (C=O) groups excluding carboxylic acids is 2. The molecule has 166 valence electrons. The Morgan fingerprint density at radius 3 is 2.12 bits per heavy atom. The van der Waals surface area contributed by atoms with Crippen LogP contribution in [-0.4, -0.2) is 31.6 Å². The molecule has 0 saturated heterocycles. The third-order valence-corrected chi connectivity index (χ3v) is 6.82. The van der Waals surface area contributed by atoms with E-state index in [4.69, 9.17) is 0 Å². The highest BCUT2D eigenvalue weighted by molar-refractivity contribution is 7.98. The molecule has 2 amide bonds. The van der Waals surface area contributed by atoms with E-state index in [-0.39, 0.29) is 16.5 Å². The minimum absolute atomic E-state index is 0.0929. The fourth-order valence-corrected chi connectivity index (χ4v) is 5.05. The molecule has 0 aliphatic carbocycles. The van der Waals surface area contributed by atoms with E-state index in [0.29, 0.717) is 10.4 Å². The van der Waals surface area contributed by atoms with Crippen LogP contribution < -0.4 is 0 Å². The maximum Gasteiger partial charge on any atom is 0.286 e. The Bertz CT molecular complexity index is 1320. The van der Waals surface area contributed by atoms with Crippen molar-refractivity contribution >= 4 is 44.5 Å². The van der Waals surface area contributed by atoms with Crippen LogP contribution in [0.5, 0.6) is 0 Å². The second-order valence-corrected chi connectivity index (χ2v) is 11.3. The molecule has 1 aliphatic rings. The van der Waals surface area contributed by atoms with E-state index in [1.54, 1.807) is 30.0 Å². The molecule has 0 aromatic heterocycles. The number of rotatable bonds is 5. The Labute approximate surface area is 191 Å². The van der Waals surface area contributed by atoms with Crippen LogP contribution >= 0.6 is 11.8 Å². The molecular formula is C24H23NO5S2. The topological polar surface area (TPSA) is 80.8 Å². The summed E-state index contributed by atoms with van der Waals surface area (Å²) in [6.07, 6.45) is 0.789. The van der Waals surface area contributed by atoms with Crippen LogP contribution in [0.25, 0.3) is 10.8 Å². The Kier molecular flexibility index (Phi) is 5.65. The standard InChI is InChI=1S/C24H23NO5S2/c1-24(2,3)16-10-8-15(9-11-16)14-31-20-13-12-19-21-17(20)6-5-7-18(21)22(26)25(23(19)27)30-32(4,28)29/h5-13H,14H2,1-4H3. The van der Waals surface area contributed by atoms with Crippen LogP contribution in [0.2, 0.25) is 0 Å². The zero-order valence-corrected chi connectivity index (χ0v) is 19.8. The summed E-state index contributed by atoms with van der Waals surface area (Å²) in [5.74, 6) is -0.856. The third-order valence-electron chi connectivity index (χ3n) is 5.25. The van der Waals surface area contributed by atoms with E-state index in [1.807, 2.05) is 12.1 Å². The van der Waals surface area contributed by atoms with E-state index in [0.717, 1.165) is 22.3 Å². The minimum Gasteiger partial charge on any atom is -0.266 e. The highest BCUT2D eigenvalue weighted by Gasteiger charge is 2.36. The first-order valence-electron chi connectivity index (χ1n) is 10.0. The lowest BCUT2D eigenvalue weighted by Gasteiger charge is -2.25. The number of carbonyl (C=O) groups is 2. The van der Waals surface area contributed by atoms with Crippen molar-refractivity contribution in [1.82, 2.24) is 5.06 Å². The lowest BCUT2D eigenvalue weighted by molar-refractivity contribution is -0.0149. The summed E-state index contributed by atoms with van der Waals surface area (Å²) in [7, 11) is -4.04. The predicted molar refractivity (Wildman–Crippen MR) is 125 cm³/mol. The molecular weight excluding hydrogens is 446 g/mol. The van der Waals surface area contributed by atoms with Gasteiger partial charge in [0.15, 0.2) is 0 Å². The average molecular weight is 470 g/mol. The number of hydrogen-bond donors (Lipinski definition) is 0. The summed E-state index contributed by atoms with van der Waals surface area (Å²) in [6, 6.07) is 17.1. The SMILES string of the molecule is CC(C)(C)c1ccc(CSc2ccc3c4c(cccc24)C(=O)N(OS(C)(=O)=O)C3=O)cc1. The molecule has 3 aromatic carbocycles. The molecule has 0 fully saturated rings. The van der Waals surface area contributed by atoms with Gasteiger partial charge in [0, 0.05) is 16.0 Å². The van der Waals surface area contributed by atoms with Gasteiger partial charge in [0.1, 0.15) is 0 Å². The summed E-state index contributed by atoms with van der Waals surface area (Å²) in [4.78, 5) is 26.5. The summed E-state index contributed by atoms with van der Waals surface area (Å²) in [6.45, 7) is 6.53. The van der Waals surface area contributed by atoms with Crippen LogP contribution in [0.4, 0.5) is 0 Å². The zero-order valence-electron chi connectivity index (χ0n) is 18.2. The molecule has 1 heterocycles. The van der Waals surface area contributed by atoms with Gasteiger partial charge in [-0.1, -0.05) is 57.2 Å². The number of hydroxylamine groups is 2. The number of hydrogen-bond acceptors (Lipinski definition) is 6.